The van der Waals surface area contributed by atoms with Crippen molar-refractivity contribution in [3.63, 3.8) is 0 Å². The van der Waals surface area contributed by atoms with Crippen LogP contribution in [0.2, 0.25) is 0 Å². The fourth-order valence-corrected chi connectivity index (χ4v) is 3.90. The lowest BCUT2D eigenvalue weighted by molar-refractivity contribution is 0.589. The van der Waals surface area contributed by atoms with Gasteiger partial charge in [0.25, 0.3) is 0 Å². The number of aromatic amines is 1. The van der Waals surface area contributed by atoms with Gasteiger partial charge < -0.3 is 4.90 Å². The molecule has 0 saturated heterocycles. The quantitative estimate of drug-likeness (QED) is 0.657. The van der Waals surface area contributed by atoms with Gasteiger partial charge in [-0.05, 0) is 60.1 Å². The van der Waals surface area contributed by atoms with Crippen molar-refractivity contribution in [2.45, 2.75) is 52.5 Å². The second-order valence-electron chi connectivity index (χ2n) is 8.75. The molecule has 0 saturated carbocycles. The average Bonchev–Trinajstić information content (AvgIpc) is 3.08. The first kappa shape index (κ1) is 17.8. The van der Waals surface area contributed by atoms with Gasteiger partial charge >= 0.3 is 0 Å². The van der Waals surface area contributed by atoms with Crippen LogP contribution in [-0.2, 0) is 18.4 Å². The molecule has 3 nitrogen and oxygen atoms in total. The number of nitrogens with zero attached hydrogens (tertiary/aromatic N) is 2. The Hall–Kier alpha value is -2.55. The topological polar surface area (TPSA) is 31.9 Å². The number of H-pyrrole nitrogens is 1. The van der Waals surface area contributed by atoms with Gasteiger partial charge in [-0.1, -0.05) is 51.1 Å². The Morgan fingerprint density at radius 3 is 2.48 bits per heavy atom. The first-order chi connectivity index (χ1) is 12.9. The van der Waals surface area contributed by atoms with Crippen molar-refractivity contribution in [3.05, 3.63) is 70.9 Å². The Labute approximate surface area is 162 Å². The van der Waals surface area contributed by atoms with Gasteiger partial charge in [-0.25, -0.2) is 0 Å². The van der Waals surface area contributed by atoms with E-state index < -0.39 is 0 Å². The molecule has 140 valence electrons. The predicted molar refractivity (Wildman–Crippen MR) is 113 cm³/mol. The van der Waals surface area contributed by atoms with Crippen LogP contribution in [0.1, 0.15) is 49.6 Å². The van der Waals surface area contributed by atoms with Crippen LogP contribution in [0.25, 0.3) is 11.3 Å². The number of anilines is 1. The van der Waals surface area contributed by atoms with Crippen molar-refractivity contribution < 1.29 is 0 Å². The van der Waals surface area contributed by atoms with Gasteiger partial charge in [-0.15, -0.1) is 0 Å². The van der Waals surface area contributed by atoms with E-state index in [2.05, 4.69) is 84.4 Å². The lowest BCUT2D eigenvalue weighted by Crippen LogP contribution is -2.28. The van der Waals surface area contributed by atoms with Crippen LogP contribution in [0.15, 0.2) is 48.5 Å². The number of hydrogen-bond donors (Lipinski definition) is 1. The molecular weight excluding hydrogens is 330 g/mol. The minimum Gasteiger partial charge on any atom is -0.367 e. The lowest BCUT2D eigenvalue weighted by atomic mass is 9.86. The molecule has 3 aromatic rings. The van der Waals surface area contributed by atoms with Crippen LogP contribution in [0.5, 0.6) is 0 Å². The van der Waals surface area contributed by atoms with E-state index in [0.717, 1.165) is 30.9 Å². The van der Waals surface area contributed by atoms with E-state index >= 15 is 0 Å². The molecule has 3 heteroatoms. The van der Waals surface area contributed by atoms with E-state index in [0.29, 0.717) is 0 Å². The Bertz CT molecular complexity index is 929. The number of nitrogens with one attached hydrogen (secondary N) is 1. The summed E-state index contributed by atoms with van der Waals surface area (Å²) >= 11 is 0. The summed E-state index contributed by atoms with van der Waals surface area (Å²) in [7, 11) is 0. The molecule has 1 aliphatic rings. The van der Waals surface area contributed by atoms with Crippen molar-refractivity contribution in [1.82, 2.24) is 10.2 Å². The van der Waals surface area contributed by atoms with Crippen LogP contribution < -0.4 is 4.90 Å². The molecular formula is C24H29N3. The number of fused-ring (bicyclic) bond motifs is 1. The molecule has 0 spiro atoms. The molecule has 2 heterocycles. The van der Waals surface area contributed by atoms with Crippen LogP contribution in [0.4, 0.5) is 5.69 Å². The number of aryl methyl sites for hydroxylation is 2. The summed E-state index contributed by atoms with van der Waals surface area (Å²) < 4.78 is 0. The van der Waals surface area contributed by atoms with E-state index in [9.17, 15) is 0 Å². The van der Waals surface area contributed by atoms with Crippen molar-refractivity contribution in [1.29, 1.82) is 0 Å². The highest BCUT2D eigenvalue weighted by atomic mass is 15.1. The third kappa shape index (κ3) is 3.78. The molecule has 0 atom stereocenters. The summed E-state index contributed by atoms with van der Waals surface area (Å²) in [5.74, 6) is 0. The first-order valence-corrected chi connectivity index (χ1v) is 9.90. The highest BCUT2D eigenvalue weighted by molar-refractivity contribution is 5.67. The summed E-state index contributed by atoms with van der Waals surface area (Å²) in [5.41, 5.74) is 9.12. The zero-order valence-corrected chi connectivity index (χ0v) is 16.8. The van der Waals surface area contributed by atoms with Crippen molar-refractivity contribution in [3.8, 4) is 11.3 Å². The predicted octanol–water partition coefficient (Wildman–Crippen LogP) is 5.64. The fourth-order valence-electron chi connectivity index (χ4n) is 3.90. The van der Waals surface area contributed by atoms with Gasteiger partial charge in [0.05, 0.1) is 5.69 Å². The third-order valence-corrected chi connectivity index (χ3v) is 5.49. The monoisotopic (exact) mass is 359 g/mol. The highest BCUT2D eigenvalue weighted by Gasteiger charge is 2.19. The minimum atomic E-state index is 0.206. The second kappa shape index (κ2) is 6.88. The van der Waals surface area contributed by atoms with Gasteiger partial charge in [0, 0.05) is 30.0 Å². The largest absolute Gasteiger partial charge is 0.367 e. The highest BCUT2D eigenvalue weighted by Crippen LogP contribution is 2.32. The fraction of sp³-hybridized carbons (Fsp3) is 0.375. The Balaban J connectivity index is 1.56. The maximum absolute atomic E-state index is 4.41. The molecule has 27 heavy (non-hydrogen) atoms. The van der Waals surface area contributed by atoms with E-state index in [1.54, 1.807) is 0 Å². The van der Waals surface area contributed by atoms with E-state index in [4.69, 9.17) is 0 Å². The zero-order chi connectivity index (χ0) is 19.0. The molecule has 0 radical (unpaired) electrons. The molecule has 1 aromatic heterocycles. The maximum atomic E-state index is 4.41. The molecule has 1 N–H and O–H groups in total. The van der Waals surface area contributed by atoms with Crippen molar-refractivity contribution in [2.75, 3.05) is 11.4 Å². The molecule has 0 unspecified atom stereocenters. The lowest BCUT2D eigenvalue weighted by Gasteiger charge is -2.32. The SMILES string of the molecule is Cc1cc(-c2ccc3c(c2)CCCN3Cc2ccc(C(C)(C)C)cc2)n[nH]1. The zero-order valence-electron chi connectivity index (χ0n) is 16.8. The molecule has 2 aromatic carbocycles. The summed E-state index contributed by atoms with van der Waals surface area (Å²) in [6, 6.07) is 18.0. The molecule has 4 rings (SSSR count). The van der Waals surface area contributed by atoms with E-state index in [1.807, 2.05) is 6.92 Å². The summed E-state index contributed by atoms with van der Waals surface area (Å²) in [6.07, 6.45) is 2.35. The van der Waals surface area contributed by atoms with Crippen LogP contribution in [0.3, 0.4) is 0 Å². The summed E-state index contributed by atoms with van der Waals surface area (Å²) in [4.78, 5) is 2.52. The standard InChI is InChI=1S/C24H29N3/c1-17-14-22(26-25-17)19-9-12-23-20(15-19)6-5-13-27(23)16-18-7-10-21(11-8-18)24(2,3)4/h7-12,14-15H,5-6,13,16H2,1-4H3,(H,25,26). The molecule has 0 amide bonds. The number of aromatic nitrogens is 2. The minimum absolute atomic E-state index is 0.206. The van der Waals surface area contributed by atoms with Gasteiger partial charge in [-0.2, -0.15) is 5.10 Å². The summed E-state index contributed by atoms with van der Waals surface area (Å²) in [6.45, 7) is 10.9. The summed E-state index contributed by atoms with van der Waals surface area (Å²) in [5, 5.41) is 7.45. The Morgan fingerprint density at radius 1 is 1.04 bits per heavy atom. The van der Waals surface area contributed by atoms with Gasteiger partial charge in [-0.3, -0.25) is 5.10 Å². The van der Waals surface area contributed by atoms with Crippen LogP contribution >= 0.6 is 0 Å². The van der Waals surface area contributed by atoms with Crippen LogP contribution in [0, 0.1) is 6.92 Å². The van der Waals surface area contributed by atoms with Gasteiger partial charge in [0.15, 0.2) is 0 Å². The number of benzene rings is 2. The third-order valence-electron chi connectivity index (χ3n) is 5.49. The van der Waals surface area contributed by atoms with Crippen molar-refractivity contribution >= 4 is 5.69 Å². The Morgan fingerprint density at radius 2 is 1.81 bits per heavy atom. The van der Waals surface area contributed by atoms with Gasteiger partial charge in [0.1, 0.15) is 0 Å². The normalized spacial score (nSPS) is 14.3. The first-order valence-electron chi connectivity index (χ1n) is 9.90. The smallest absolute Gasteiger partial charge is 0.0923 e. The van der Waals surface area contributed by atoms with E-state index in [-0.39, 0.29) is 5.41 Å². The molecule has 0 fully saturated rings. The number of hydrogen-bond acceptors (Lipinski definition) is 2. The Kier molecular flexibility index (Phi) is 4.55. The second-order valence-corrected chi connectivity index (χ2v) is 8.75. The van der Waals surface area contributed by atoms with Gasteiger partial charge in [0.2, 0.25) is 0 Å². The molecule has 0 bridgehead atoms. The van der Waals surface area contributed by atoms with Crippen LogP contribution in [-0.4, -0.2) is 16.7 Å². The van der Waals surface area contributed by atoms with Crippen molar-refractivity contribution in [2.24, 2.45) is 0 Å². The van der Waals surface area contributed by atoms with E-state index in [1.165, 1.54) is 34.4 Å². The maximum Gasteiger partial charge on any atom is 0.0923 e. The molecule has 0 aliphatic carbocycles. The number of rotatable bonds is 3. The average molecular weight is 360 g/mol. The molecule has 1 aliphatic heterocycles.